The summed E-state index contributed by atoms with van der Waals surface area (Å²) in [7, 11) is 0. The molecule has 2 heterocycles. The molecule has 12 atom stereocenters. The molecule has 2 rings (SSSR count). The van der Waals surface area contributed by atoms with Gasteiger partial charge in [0.05, 0.1) is 32.0 Å². The number of amides is 1. The fourth-order valence-corrected chi connectivity index (χ4v) is 11.4. The number of aliphatic hydroxyl groups is 8. The summed E-state index contributed by atoms with van der Waals surface area (Å²) in [5, 5.41) is 87.3. The highest BCUT2D eigenvalue weighted by molar-refractivity contribution is 5.76. The predicted molar refractivity (Wildman–Crippen MR) is 328 cm³/mol. The molecule has 2 aliphatic rings. The van der Waals surface area contributed by atoms with Crippen LogP contribution >= 0.6 is 0 Å². The normalized spacial score (nSPS) is 24.2. The van der Waals surface area contributed by atoms with Crippen molar-refractivity contribution in [3.05, 3.63) is 24.3 Å². The van der Waals surface area contributed by atoms with Crippen LogP contribution in [0.3, 0.4) is 0 Å². The summed E-state index contributed by atoms with van der Waals surface area (Å²) in [6.45, 7) is 2.83. The van der Waals surface area contributed by atoms with E-state index in [2.05, 4.69) is 31.3 Å². The van der Waals surface area contributed by atoms with Gasteiger partial charge in [-0.15, -0.1) is 0 Å². The molecular weight excluding hydrogens is 1030 g/mol. The number of hydrogen-bond donors (Lipinski definition) is 9. The van der Waals surface area contributed by atoms with Crippen LogP contribution in [0.1, 0.15) is 303 Å². The van der Waals surface area contributed by atoms with Gasteiger partial charge in [0.1, 0.15) is 48.8 Å². The Hall–Kier alpha value is -1.53. The van der Waals surface area contributed by atoms with Gasteiger partial charge in [0.15, 0.2) is 12.6 Å². The van der Waals surface area contributed by atoms with Crippen LogP contribution in [-0.2, 0) is 23.7 Å². The SMILES string of the molecule is CCCCCCCCC/C=C\CCCCCCCC(=O)NC(COC1OC(CO)C(OC2OC(CO)C(O)C(O)C2O)C(O)C1O)C(O)/C=C/CCCCCCCCCCCCCCCCCCCCCCCCCCCCCCC. The quantitative estimate of drug-likeness (QED) is 0.0204. The third-order valence-corrected chi connectivity index (χ3v) is 16.9. The molecule has 2 aliphatic heterocycles. The Morgan fingerprint density at radius 3 is 1.17 bits per heavy atom. The first-order valence-electron chi connectivity index (χ1n) is 34.1. The number of aliphatic hydroxyl groups excluding tert-OH is 8. The summed E-state index contributed by atoms with van der Waals surface area (Å²) < 4.78 is 22.8. The van der Waals surface area contributed by atoms with Crippen LogP contribution in [0.2, 0.25) is 0 Å². The van der Waals surface area contributed by atoms with Crippen LogP contribution in [0, 0.1) is 0 Å². The zero-order valence-electron chi connectivity index (χ0n) is 51.8. The number of rotatable bonds is 56. The van der Waals surface area contributed by atoms with E-state index in [-0.39, 0.29) is 18.9 Å². The van der Waals surface area contributed by atoms with Crippen LogP contribution in [-0.4, -0.2) is 140 Å². The van der Waals surface area contributed by atoms with E-state index in [4.69, 9.17) is 18.9 Å². The molecule has 12 unspecified atom stereocenters. The summed E-state index contributed by atoms with van der Waals surface area (Å²) >= 11 is 0. The number of unbranched alkanes of at least 4 members (excludes halogenated alkanes) is 41. The summed E-state index contributed by atoms with van der Waals surface area (Å²) in [6.07, 6.45) is 48.1. The largest absolute Gasteiger partial charge is 0.394 e. The number of allylic oxidation sites excluding steroid dienone is 3. The van der Waals surface area contributed by atoms with Gasteiger partial charge in [-0.1, -0.05) is 276 Å². The number of hydrogen-bond acceptors (Lipinski definition) is 13. The second-order valence-electron chi connectivity index (χ2n) is 24.3. The molecule has 0 aliphatic carbocycles. The Morgan fingerprint density at radius 2 is 0.778 bits per heavy atom. The van der Waals surface area contributed by atoms with E-state index in [1.807, 2.05) is 6.08 Å². The molecule has 0 spiro atoms. The lowest BCUT2D eigenvalue weighted by atomic mass is 9.97. The highest BCUT2D eigenvalue weighted by Gasteiger charge is 2.51. The molecule has 0 aromatic heterocycles. The van der Waals surface area contributed by atoms with Crippen molar-refractivity contribution in [2.24, 2.45) is 0 Å². The van der Waals surface area contributed by atoms with E-state index in [0.717, 1.165) is 57.8 Å². The summed E-state index contributed by atoms with van der Waals surface area (Å²) in [6, 6.07) is -0.918. The van der Waals surface area contributed by atoms with E-state index in [0.29, 0.717) is 6.42 Å². The Kier molecular flexibility index (Phi) is 49.2. The maximum absolute atomic E-state index is 13.3. The third-order valence-electron chi connectivity index (χ3n) is 16.9. The molecule has 9 N–H and O–H groups in total. The molecule has 478 valence electrons. The highest BCUT2D eigenvalue weighted by Crippen LogP contribution is 2.30. The third kappa shape index (κ3) is 37.6. The number of carbonyl (C=O) groups excluding carboxylic acids is 1. The van der Waals surface area contributed by atoms with Crippen molar-refractivity contribution in [1.82, 2.24) is 5.32 Å². The van der Waals surface area contributed by atoms with Crippen LogP contribution in [0.25, 0.3) is 0 Å². The lowest BCUT2D eigenvalue weighted by Crippen LogP contribution is -2.65. The van der Waals surface area contributed by atoms with Crippen molar-refractivity contribution < 1.29 is 64.6 Å². The zero-order chi connectivity index (χ0) is 58.8. The Bertz CT molecular complexity index is 1450. The topological polar surface area (TPSA) is 228 Å². The molecule has 2 saturated heterocycles. The average molecular weight is 1150 g/mol. The van der Waals surface area contributed by atoms with Crippen LogP contribution in [0.5, 0.6) is 0 Å². The molecule has 1 amide bonds. The molecule has 0 aromatic carbocycles. The minimum atomic E-state index is -1.79. The Labute approximate surface area is 494 Å². The molecule has 0 saturated carbocycles. The van der Waals surface area contributed by atoms with E-state index < -0.39 is 86.8 Å². The van der Waals surface area contributed by atoms with Crippen molar-refractivity contribution in [1.29, 1.82) is 0 Å². The van der Waals surface area contributed by atoms with Gasteiger partial charge in [0.2, 0.25) is 5.91 Å². The molecule has 2 fully saturated rings. The van der Waals surface area contributed by atoms with Gasteiger partial charge in [-0.25, -0.2) is 0 Å². The van der Waals surface area contributed by atoms with Gasteiger partial charge >= 0.3 is 0 Å². The van der Waals surface area contributed by atoms with Crippen LogP contribution in [0.15, 0.2) is 24.3 Å². The van der Waals surface area contributed by atoms with E-state index in [1.165, 1.54) is 218 Å². The standard InChI is InChI=1S/C67H127NO13/c1-3-5-7-9-11-13-15-17-19-21-22-23-24-25-26-27-28-29-30-31-32-33-34-35-36-38-40-42-44-46-48-50-56(71)55(68-59(72)51-49-47-45-43-41-39-37-20-18-16-14-12-10-8-6-4-2)54-78-66-64(77)62(75)65(58(53-70)80-66)81-67-63(76)61(74)60(73)57(52-69)79-67/h20,37,48,50,55-58,60-67,69-71,73-77H,3-19,21-36,38-47,49,51-54H2,1-2H3,(H,68,72)/b37-20-,50-48+. The van der Waals surface area contributed by atoms with Gasteiger partial charge in [-0.3, -0.25) is 4.79 Å². The summed E-state index contributed by atoms with van der Waals surface area (Å²) in [4.78, 5) is 13.3. The lowest BCUT2D eigenvalue weighted by molar-refractivity contribution is -0.359. The van der Waals surface area contributed by atoms with Crippen molar-refractivity contribution in [2.75, 3.05) is 19.8 Å². The van der Waals surface area contributed by atoms with Crippen LogP contribution < -0.4 is 5.32 Å². The number of carbonyl (C=O) groups is 1. The van der Waals surface area contributed by atoms with Crippen molar-refractivity contribution >= 4 is 5.91 Å². The average Bonchev–Trinajstić information content (AvgIpc) is 3.62. The first kappa shape index (κ1) is 75.6. The fraction of sp³-hybridized carbons (Fsp3) is 0.925. The molecule has 14 nitrogen and oxygen atoms in total. The predicted octanol–water partition coefficient (Wildman–Crippen LogP) is 13.2. The number of ether oxygens (including phenoxy) is 4. The minimum absolute atomic E-state index is 0.244. The Balaban J connectivity index is 1.66. The summed E-state index contributed by atoms with van der Waals surface area (Å²) in [5.41, 5.74) is 0. The Morgan fingerprint density at radius 1 is 0.432 bits per heavy atom. The van der Waals surface area contributed by atoms with E-state index >= 15 is 0 Å². The molecule has 0 bridgehead atoms. The first-order valence-corrected chi connectivity index (χ1v) is 34.1. The number of nitrogens with one attached hydrogen (secondary N) is 1. The van der Waals surface area contributed by atoms with Crippen molar-refractivity contribution in [2.45, 2.75) is 376 Å². The minimum Gasteiger partial charge on any atom is -0.394 e. The molecule has 0 aromatic rings. The maximum Gasteiger partial charge on any atom is 0.220 e. The second kappa shape index (κ2) is 52.8. The molecule has 81 heavy (non-hydrogen) atoms. The van der Waals surface area contributed by atoms with Gasteiger partial charge < -0.3 is 65.1 Å². The monoisotopic (exact) mass is 1150 g/mol. The second-order valence-corrected chi connectivity index (χ2v) is 24.3. The van der Waals surface area contributed by atoms with Crippen LogP contribution in [0.4, 0.5) is 0 Å². The van der Waals surface area contributed by atoms with E-state index in [1.54, 1.807) is 6.08 Å². The maximum atomic E-state index is 13.3. The molecular formula is C67H127NO13. The summed E-state index contributed by atoms with van der Waals surface area (Å²) in [5.74, 6) is -0.244. The zero-order valence-corrected chi connectivity index (χ0v) is 51.8. The van der Waals surface area contributed by atoms with E-state index in [9.17, 15) is 45.6 Å². The van der Waals surface area contributed by atoms with Crippen molar-refractivity contribution in [3.8, 4) is 0 Å². The smallest absolute Gasteiger partial charge is 0.220 e. The lowest BCUT2D eigenvalue weighted by Gasteiger charge is -2.46. The highest BCUT2D eigenvalue weighted by atomic mass is 16.7. The molecule has 14 heteroatoms. The fourth-order valence-electron chi connectivity index (χ4n) is 11.4. The van der Waals surface area contributed by atoms with Gasteiger partial charge in [0.25, 0.3) is 0 Å². The van der Waals surface area contributed by atoms with Crippen molar-refractivity contribution in [3.63, 3.8) is 0 Å². The van der Waals surface area contributed by atoms with Gasteiger partial charge in [-0.2, -0.15) is 0 Å². The molecule has 0 radical (unpaired) electrons. The van der Waals surface area contributed by atoms with Gasteiger partial charge in [0, 0.05) is 6.42 Å². The first-order chi connectivity index (χ1) is 39.6. The van der Waals surface area contributed by atoms with Gasteiger partial charge in [-0.05, 0) is 44.9 Å².